The Hall–Kier alpha value is -5.25. The summed E-state index contributed by atoms with van der Waals surface area (Å²) in [4.78, 5) is 38.9. The van der Waals surface area contributed by atoms with Gasteiger partial charge >= 0.3 is 0 Å². The van der Waals surface area contributed by atoms with E-state index in [1.165, 1.54) is 45.9 Å². The fourth-order valence-electron chi connectivity index (χ4n) is 4.85. The second-order valence-electron chi connectivity index (χ2n) is 9.54. The van der Waals surface area contributed by atoms with Crippen LogP contribution in [0.4, 0.5) is 4.39 Å². The number of hydrogen-bond donors (Lipinski definition) is 1. The zero-order valence-electron chi connectivity index (χ0n) is 23.7. The first-order chi connectivity index (χ1) is 20.2. The van der Waals surface area contributed by atoms with Crippen LogP contribution < -0.4 is 24.4 Å². The Bertz CT molecular complexity index is 1890. The molecule has 3 aromatic heterocycles. The Balaban J connectivity index is 1.43. The molecule has 0 radical (unpaired) electrons. The van der Waals surface area contributed by atoms with E-state index in [-0.39, 0.29) is 17.7 Å². The second-order valence-corrected chi connectivity index (χ2v) is 9.54. The molecular weight excluding hydrogens is 541 g/mol. The molecule has 10 heteroatoms. The van der Waals surface area contributed by atoms with Gasteiger partial charge in [-0.2, -0.15) is 0 Å². The lowest BCUT2D eigenvalue weighted by molar-refractivity contribution is 0.0991. The molecule has 3 heterocycles. The molecule has 42 heavy (non-hydrogen) atoms. The standard InChI is InChI=1S/C32H28FN3O6/c1-17-29(22-8-7-20(39-3)15-28(22)41-5)32(38)30(18(2)36-17)25(37)13-19-6-9-26(23(33)12-19)42-27-10-11-34-24-14-21(40-4)16-35-31(24)27/h6-12,14-16H,13H2,1-5H3,(H,36,38). The maximum atomic E-state index is 15.2. The number of ketones is 1. The van der Waals surface area contributed by atoms with Gasteiger partial charge in [0.25, 0.3) is 0 Å². The van der Waals surface area contributed by atoms with Crippen molar-refractivity contribution < 1.29 is 28.1 Å². The smallest absolute Gasteiger partial charge is 0.200 e. The summed E-state index contributed by atoms with van der Waals surface area (Å²) in [5.74, 6) is 0.676. The van der Waals surface area contributed by atoms with Gasteiger partial charge in [-0.15, -0.1) is 0 Å². The lowest BCUT2D eigenvalue weighted by atomic mass is 9.95. The number of hydrogen-bond acceptors (Lipinski definition) is 8. The van der Waals surface area contributed by atoms with Crippen LogP contribution in [0.15, 0.2) is 65.7 Å². The number of rotatable bonds is 9. The molecule has 214 valence electrons. The molecule has 2 aromatic carbocycles. The van der Waals surface area contributed by atoms with Crippen molar-refractivity contribution in [3.05, 3.63) is 99.5 Å². The average molecular weight is 570 g/mol. The van der Waals surface area contributed by atoms with Crippen molar-refractivity contribution in [2.24, 2.45) is 0 Å². The SMILES string of the molecule is COc1ccc(-c2c(C)[nH]c(C)c(C(=O)Cc3ccc(Oc4ccnc5cc(OC)cnc45)c(F)c3)c2=O)c(OC)c1. The second kappa shape index (κ2) is 11.7. The third-order valence-corrected chi connectivity index (χ3v) is 6.87. The number of nitrogens with zero attached hydrogens (tertiary/aromatic N) is 2. The maximum Gasteiger partial charge on any atom is 0.200 e. The number of carbonyl (C=O) groups excluding carboxylic acids is 1. The van der Waals surface area contributed by atoms with Gasteiger partial charge in [0.1, 0.15) is 22.8 Å². The lowest BCUT2D eigenvalue weighted by Gasteiger charge is -2.15. The van der Waals surface area contributed by atoms with Crippen LogP contribution in [0, 0.1) is 19.7 Å². The minimum atomic E-state index is -0.669. The summed E-state index contributed by atoms with van der Waals surface area (Å²) in [6, 6.07) is 12.6. The largest absolute Gasteiger partial charge is 0.497 e. The Morgan fingerprint density at radius 2 is 1.64 bits per heavy atom. The van der Waals surface area contributed by atoms with Crippen molar-refractivity contribution in [3.8, 4) is 39.9 Å². The monoisotopic (exact) mass is 569 g/mol. The zero-order valence-corrected chi connectivity index (χ0v) is 23.7. The van der Waals surface area contributed by atoms with E-state index < -0.39 is 17.0 Å². The number of carbonyl (C=O) groups is 1. The van der Waals surface area contributed by atoms with E-state index in [9.17, 15) is 9.59 Å². The summed E-state index contributed by atoms with van der Waals surface area (Å²) in [5.41, 5.74) is 2.76. The van der Waals surface area contributed by atoms with Gasteiger partial charge in [-0.1, -0.05) is 6.07 Å². The molecule has 0 saturated heterocycles. The van der Waals surface area contributed by atoms with Crippen LogP contribution in [0.1, 0.15) is 27.3 Å². The highest BCUT2D eigenvalue weighted by molar-refractivity contribution is 5.99. The van der Waals surface area contributed by atoms with Crippen LogP contribution >= 0.6 is 0 Å². The third-order valence-electron chi connectivity index (χ3n) is 6.87. The summed E-state index contributed by atoms with van der Waals surface area (Å²) < 4.78 is 36.9. The molecule has 0 fully saturated rings. The molecule has 0 amide bonds. The average Bonchev–Trinajstić information content (AvgIpc) is 2.98. The number of methoxy groups -OCH3 is 3. The molecule has 0 aliphatic rings. The number of H-pyrrole nitrogens is 1. The first kappa shape index (κ1) is 28.3. The van der Waals surface area contributed by atoms with Gasteiger partial charge in [-0.05, 0) is 43.7 Å². The fraction of sp³-hybridized carbons (Fsp3) is 0.188. The van der Waals surface area contributed by atoms with Gasteiger partial charge in [0, 0.05) is 47.8 Å². The molecule has 9 nitrogen and oxygen atoms in total. The van der Waals surface area contributed by atoms with Crippen LogP contribution in [0.3, 0.4) is 0 Å². The molecule has 0 spiro atoms. The molecule has 1 N–H and O–H groups in total. The number of ether oxygens (including phenoxy) is 4. The van der Waals surface area contributed by atoms with Gasteiger partial charge in [-0.3, -0.25) is 14.6 Å². The quantitative estimate of drug-likeness (QED) is 0.216. The molecule has 0 aliphatic heterocycles. The fourth-order valence-corrected chi connectivity index (χ4v) is 4.85. The Labute approximate surface area is 240 Å². The predicted molar refractivity (Wildman–Crippen MR) is 156 cm³/mol. The van der Waals surface area contributed by atoms with Crippen LogP contribution in [-0.2, 0) is 6.42 Å². The van der Waals surface area contributed by atoms with E-state index in [1.54, 1.807) is 50.2 Å². The number of benzene rings is 2. The van der Waals surface area contributed by atoms with E-state index in [4.69, 9.17) is 18.9 Å². The van der Waals surface area contributed by atoms with Crippen molar-refractivity contribution in [1.29, 1.82) is 0 Å². The Kier molecular flexibility index (Phi) is 7.88. The Morgan fingerprint density at radius 3 is 2.36 bits per heavy atom. The highest BCUT2D eigenvalue weighted by atomic mass is 19.1. The molecular formula is C32H28FN3O6. The summed E-state index contributed by atoms with van der Waals surface area (Å²) in [6.07, 6.45) is 2.86. The number of aromatic amines is 1. The summed E-state index contributed by atoms with van der Waals surface area (Å²) in [7, 11) is 4.56. The van der Waals surface area contributed by atoms with Gasteiger partial charge in [0.05, 0.1) is 44.2 Å². The number of aryl methyl sites for hydroxylation is 2. The number of Topliss-reactive ketones (excluding diaryl/α,β-unsaturated/α-hetero) is 1. The minimum Gasteiger partial charge on any atom is -0.497 e. The van der Waals surface area contributed by atoms with E-state index in [2.05, 4.69) is 15.0 Å². The van der Waals surface area contributed by atoms with Crippen molar-refractivity contribution in [2.45, 2.75) is 20.3 Å². The van der Waals surface area contributed by atoms with Crippen LogP contribution in [0.25, 0.3) is 22.2 Å². The highest BCUT2D eigenvalue weighted by Gasteiger charge is 2.23. The number of aromatic nitrogens is 3. The summed E-state index contributed by atoms with van der Waals surface area (Å²) in [5, 5.41) is 0. The third kappa shape index (κ3) is 5.38. The molecule has 0 aliphatic carbocycles. The first-order valence-electron chi connectivity index (χ1n) is 13.0. The molecule has 0 bridgehead atoms. The van der Waals surface area contributed by atoms with Crippen LogP contribution in [0.2, 0.25) is 0 Å². The van der Waals surface area contributed by atoms with Gasteiger partial charge in [0.2, 0.25) is 5.43 Å². The van der Waals surface area contributed by atoms with Gasteiger partial charge in [-0.25, -0.2) is 9.37 Å². The number of halogens is 1. The normalized spacial score (nSPS) is 10.9. The van der Waals surface area contributed by atoms with Gasteiger partial charge < -0.3 is 23.9 Å². The summed E-state index contributed by atoms with van der Waals surface area (Å²) in [6.45, 7) is 3.42. The van der Waals surface area contributed by atoms with Crippen molar-refractivity contribution in [2.75, 3.05) is 21.3 Å². The van der Waals surface area contributed by atoms with Gasteiger partial charge in [0.15, 0.2) is 23.1 Å². The molecule has 0 unspecified atom stereocenters. The number of nitrogens with one attached hydrogen (secondary N) is 1. The predicted octanol–water partition coefficient (Wildman–Crippen LogP) is 5.98. The van der Waals surface area contributed by atoms with E-state index in [1.807, 2.05) is 0 Å². The van der Waals surface area contributed by atoms with E-state index in [0.29, 0.717) is 62.1 Å². The minimum absolute atomic E-state index is 0.000960. The number of fused-ring (bicyclic) bond motifs is 1. The molecule has 5 aromatic rings. The molecule has 5 rings (SSSR count). The lowest BCUT2D eigenvalue weighted by Crippen LogP contribution is -2.23. The first-order valence-corrected chi connectivity index (χ1v) is 13.0. The zero-order chi connectivity index (χ0) is 30.0. The summed E-state index contributed by atoms with van der Waals surface area (Å²) >= 11 is 0. The highest BCUT2D eigenvalue weighted by Crippen LogP contribution is 2.34. The maximum absolute atomic E-state index is 15.2. The number of pyridine rings is 3. The van der Waals surface area contributed by atoms with E-state index in [0.717, 1.165) is 0 Å². The Morgan fingerprint density at radius 1 is 0.857 bits per heavy atom. The molecule has 0 saturated carbocycles. The van der Waals surface area contributed by atoms with Crippen LogP contribution in [-0.4, -0.2) is 42.1 Å². The topological polar surface area (TPSA) is 113 Å². The van der Waals surface area contributed by atoms with Crippen LogP contribution in [0.5, 0.6) is 28.7 Å². The van der Waals surface area contributed by atoms with Crippen molar-refractivity contribution >= 4 is 16.8 Å². The van der Waals surface area contributed by atoms with Crippen molar-refractivity contribution in [1.82, 2.24) is 15.0 Å². The molecule has 0 atom stereocenters. The van der Waals surface area contributed by atoms with E-state index >= 15 is 4.39 Å². The van der Waals surface area contributed by atoms with Crippen molar-refractivity contribution in [3.63, 3.8) is 0 Å².